The van der Waals surface area contributed by atoms with Crippen LogP contribution < -0.4 is 0 Å². The van der Waals surface area contributed by atoms with Crippen molar-refractivity contribution in [3.8, 4) is 0 Å². The summed E-state index contributed by atoms with van der Waals surface area (Å²) in [6.45, 7) is 4.11. The Morgan fingerprint density at radius 2 is 2.00 bits per heavy atom. The van der Waals surface area contributed by atoms with Gasteiger partial charge in [0.2, 0.25) is 0 Å². The molecule has 2 saturated heterocycles. The summed E-state index contributed by atoms with van der Waals surface area (Å²) >= 11 is 0. The van der Waals surface area contributed by atoms with Gasteiger partial charge in [0.1, 0.15) is 6.10 Å². The molecule has 3 rings (SSSR count). The van der Waals surface area contributed by atoms with Crippen LogP contribution in [0.4, 0.5) is 0 Å². The zero-order chi connectivity index (χ0) is 13.4. The molecule has 2 bridgehead atoms. The van der Waals surface area contributed by atoms with Crippen LogP contribution in [0.1, 0.15) is 38.4 Å². The first-order chi connectivity index (χ1) is 9.15. The highest BCUT2D eigenvalue weighted by Crippen LogP contribution is 2.43. The van der Waals surface area contributed by atoms with Gasteiger partial charge in [-0.25, -0.2) is 0 Å². The lowest BCUT2D eigenvalue weighted by Crippen LogP contribution is -2.30. The van der Waals surface area contributed by atoms with E-state index in [2.05, 4.69) is 6.92 Å². The zero-order valence-corrected chi connectivity index (χ0v) is 11.4. The number of carbonyl (C=O) groups is 1. The van der Waals surface area contributed by atoms with Crippen LogP contribution in [0.15, 0.2) is 30.3 Å². The molecule has 102 valence electrons. The maximum Gasteiger partial charge on any atom is 0.312 e. The van der Waals surface area contributed by atoms with Crippen LogP contribution in [0.2, 0.25) is 0 Å². The van der Waals surface area contributed by atoms with Crippen molar-refractivity contribution >= 4 is 5.97 Å². The Labute approximate surface area is 113 Å². The Balaban J connectivity index is 1.61. The molecule has 19 heavy (non-hydrogen) atoms. The molecule has 0 aromatic heterocycles. The largest absolute Gasteiger partial charge is 0.457 e. The lowest BCUT2D eigenvalue weighted by Gasteiger charge is -2.22. The number of ether oxygens (including phenoxy) is 2. The maximum absolute atomic E-state index is 12.2. The Kier molecular flexibility index (Phi) is 3.31. The molecule has 1 unspecified atom stereocenters. The molecule has 1 aromatic rings. The fourth-order valence-electron chi connectivity index (χ4n) is 3.18. The van der Waals surface area contributed by atoms with Gasteiger partial charge in [-0.1, -0.05) is 37.3 Å². The van der Waals surface area contributed by atoms with Crippen molar-refractivity contribution in [2.24, 2.45) is 11.8 Å². The van der Waals surface area contributed by atoms with Crippen molar-refractivity contribution in [3.63, 3.8) is 0 Å². The van der Waals surface area contributed by atoms with Crippen molar-refractivity contribution < 1.29 is 14.3 Å². The van der Waals surface area contributed by atoms with Crippen LogP contribution in [0.3, 0.4) is 0 Å². The van der Waals surface area contributed by atoms with Gasteiger partial charge in [-0.15, -0.1) is 0 Å². The minimum atomic E-state index is -0.190. The van der Waals surface area contributed by atoms with Crippen LogP contribution in [0.25, 0.3) is 0 Å². The average Bonchev–Trinajstić information content (AvgIpc) is 2.98. The number of hydrogen-bond acceptors (Lipinski definition) is 3. The highest BCUT2D eigenvalue weighted by atomic mass is 16.6. The molecule has 0 amide bonds. The SMILES string of the molecule is C[C@@H]1C[C@H]2O[C@@H]1CC2C(=O)O[C@H](C)c1ccccc1. The van der Waals surface area contributed by atoms with Gasteiger partial charge in [0.15, 0.2) is 0 Å². The predicted octanol–water partition coefficient (Wildman–Crippen LogP) is 3.10. The van der Waals surface area contributed by atoms with Crippen molar-refractivity contribution in [2.45, 2.75) is 45.0 Å². The lowest BCUT2D eigenvalue weighted by atomic mass is 9.83. The second-order valence-electron chi connectivity index (χ2n) is 5.76. The maximum atomic E-state index is 12.2. The Hall–Kier alpha value is -1.35. The van der Waals surface area contributed by atoms with E-state index in [1.54, 1.807) is 0 Å². The summed E-state index contributed by atoms with van der Waals surface area (Å²) < 4.78 is 11.4. The van der Waals surface area contributed by atoms with E-state index < -0.39 is 0 Å². The number of rotatable bonds is 3. The molecule has 0 radical (unpaired) electrons. The Morgan fingerprint density at radius 3 is 2.58 bits per heavy atom. The third kappa shape index (κ3) is 2.39. The molecule has 3 heteroatoms. The highest BCUT2D eigenvalue weighted by Gasteiger charge is 2.49. The van der Waals surface area contributed by atoms with Crippen molar-refractivity contribution in [1.29, 1.82) is 0 Å². The van der Waals surface area contributed by atoms with E-state index in [9.17, 15) is 4.79 Å². The standard InChI is InChI=1S/C16H20O3/c1-10-8-15-13(9-14(10)19-15)16(17)18-11(2)12-6-4-3-5-7-12/h3-7,10-11,13-15H,8-9H2,1-2H3/t10-,11-,13?,14-,15-/m1/s1. The molecule has 0 spiro atoms. The average molecular weight is 260 g/mol. The predicted molar refractivity (Wildman–Crippen MR) is 71.5 cm³/mol. The van der Waals surface area contributed by atoms with Crippen molar-refractivity contribution in [1.82, 2.24) is 0 Å². The van der Waals surface area contributed by atoms with E-state index in [4.69, 9.17) is 9.47 Å². The smallest absolute Gasteiger partial charge is 0.312 e. The van der Waals surface area contributed by atoms with E-state index in [1.165, 1.54) is 0 Å². The highest BCUT2D eigenvalue weighted by molar-refractivity contribution is 5.74. The van der Waals surface area contributed by atoms with E-state index in [0.29, 0.717) is 5.92 Å². The molecule has 0 aliphatic carbocycles. The first-order valence-electron chi connectivity index (χ1n) is 7.06. The van der Waals surface area contributed by atoms with Gasteiger partial charge in [0, 0.05) is 0 Å². The number of carbonyl (C=O) groups excluding carboxylic acids is 1. The first-order valence-corrected chi connectivity index (χ1v) is 7.06. The van der Waals surface area contributed by atoms with E-state index in [1.807, 2.05) is 37.3 Å². The van der Waals surface area contributed by atoms with Crippen LogP contribution >= 0.6 is 0 Å². The minimum Gasteiger partial charge on any atom is -0.457 e. The quantitative estimate of drug-likeness (QED) is 0.783. The Morgan fingerprint density at radius 1 is 1.26 bits per heavy atom. The van der Waals surface area contributed by atoms with Gasteiger partial charge in [0.25, 0.3) is 0 Å². The minimum absolute atomic E-state index is 0.0626. The van der Waals surface area contributed by atoms with Crippen molar-refractivity contribution in [3.05, 3.63) is 35.9 Å². The molecule has 0 N–H and O–H groups in total. The molecule has 3 nitrogen and oxygen atoms in total. The molecular formula is C16H20O3. The molecule has 2 aliphatic rings. The van der Waals surface area contributed by atoms with Crippen molar-refractivity contribution in [2.75, 3.05) is 0 Å². The molecule has 0 saturated carbocycles. The summed E-state index contributed by atoms with van der Waals surface area (Å²) in [4.78, 5) is 12.2. The van der Waals surface area contributed by atoms with Gasteiger partial charge in [-0.3, -0.25) is 4.79 Å². The summed E-state index contributed by atoms with van der Waals surface area (Å²) in [5, 5.41) is 0. The van der Waals surface area contributed by atoms with Gasteiger partial charge < -0.3 is 9.47 Å². The second-order valence-corrected chi connectivity index (χ2v) is 5.76. The van der Waals surface area contributed by atoms with Gasteiger partial charge in [-0.2, -0.15) is 0 Å². The molecule has 2 fully saturated rings. The molecule has 2 heterocycles. The van der Waals surface area contributed by atoms with E-state index in [0.717, 1.165) is 18.4 Å². The fourth-order valence-corrected chi connectivity index (χ4v) is 3.18. The summed E-state index contributed by atoms with van der Waals surface area (Å²) in [6, 6.07) is 9.85. The fraction of sp³-hybridized carbons (Fsp3) is 0.562. The van der Waals surface area contributed by atoms with E-state index in [-0.39, 0.29) is 30.2 Å². The number of esters is 1. The van der Waals surface area contributed by atoms with Crippen LogP contribution in [0, 0.1) is 11.8 Å². The summed E-state index contributed by atoms with van der Waals surface area (Å²) in [7, 11) is 0. The molecular weight excluding hydrogens is 240 g/mol. The summed E-state index contributed by atoms with van der Waals surface area (Å²) in [6.07, 6.45) is 1.96. The van der Waals surface area contributed by atoms with Gasteiger partial charge in [0.05, 0.1) is 18.1 Å². The first kappa shape index (κ1) is 12.7. The van der Waals surface area contributed by atoms with Crippen LogP contribution in [-0.2, 0) is 14.3 Å². The third-order valence-corrected chi connectivity index (χ3v) is 4.39. The van der Waals surface area contributed by atoms with Gasteiger partial charge in [-0.05, 0) is 31.2 Å². The molecule has 1 aromatic carbocycles. The lowest BCUT2D eigenvalue weighted by molar-refractivity contribution is -0.155. The monoisotopic (exact) mass is 260 g/mol. The number of hydrogen-bond donors (Lipinski definition) is 0. The molecule has 5 atom stereocenters. The Bertz CT molecular complexity index is 454. The molecule has 2 aliphatic heterocycles. The van der Waals surface area contributed by atoms with E-state index >= 15 is 0 Å². The third-order valence-electron chi connectivity index (χ3n) is 4.39. The van der Waals surface area contributed by atoms with Gasteiger partial charge >= 0.3 is 5.97 Å². The number of fused-ring (bicyclic) bond motifs is 2. The summed E-state index contributed by atoms with van der Waals surface area (Å²) in [5.74, 6) is 0.420. The van der Waals surface area contributed by atoms with Crippen LogP contribution in [-0.4, -0.2) is 18.2 Å². The normalized spacial score (nSPS) is 34.2. The zero-order valence-electron chi connectivity index (χ0n) is 11.4. The topological polar surface area (TPSA) is 35.5 Å². The summed E-state index contributed by atoms with van der Waals surface area (Å²) in [5.41, 5.74) is 1.04. The number of benzene rings is 1. The van der Waals surface area contributed by atoms with Crippen LogP contribution in [0.5, 0.6) is 0 Å². The second kappa shape index (κ2) is 4.97.